The largest absolute Gasteiger partial charge is 0.393 e. The summed E-state index contributed by atoms with van der Waals surface area (Å²) in [4.78, 5) is 18.0. The van der Waals surface area contributed by atoms with Crippen molar-refractivity contribution in [2.75, 3.05) is 28.6 Å². The Hall–Kier alpha value is -3.15. The van der Waals surface area contributed by atoms with Gasteiger partial charge in [-0.25, -0.2) is 15.0 Å². The van der Waals surface area contributed by atoms with Gasteiger partial charge in [-0.05, 0) is 29.5 Å². The molecule has 30 heavy (non-hydrogen) atoms. The molecule has 3 rings (SSSR count). The normalized spacial score (nSPS) is 11.1. The lowest BCUT2D eigenvalue weighted by atomic mass is 10.1. The zero-order valence-corrected chi connectivity index (χ0v) is 18.4. The highest BCUT2D eigenvalue weighted by molar-refractivity contribution is 5.79. The van der Waals surface area contributed by atoms with E-state index in [-0.39, 0.29) is 0 Å². The number of nitrogens with zero attached hydrogens (tertiary/aromatic N) is 5. The fourth-order valence-electron chi connectivity index (χ4n) is 3.52. The van der Waals surface area contributed by atoms with Crippen LogP contribution in [-0.2, 0) is 6.54 Å². The predicted octanol–water partition coefficient (Wildman–Crippen LogP) is 4.91. The second-order valence-electron chi connectivity index (χ2n) is 8.39. The van der Waals surface area contributed by atoms with Crippen LogP contribution >= 0.6 is 0 Å². The molecule has 2 aromatic heterocycles. The van der Waals surface area contributed by atoms with E-state index in [1.807, 2.05) is 36.4 Å². The molecule has 0 saturated heterocycles. The van der Waals surface area contributed by atoms with Crippen molar-refractivity contribution in [3.05, 3.63) is 66.6 Å². The van der Waals surface area contributed by atoms with Crippen LogP contribution in [0, 0.1) is 11.8 Å². The first-order chi connectivity index (χ1) is 14.5. The van der Waals surface area contributed by atoms with Crippen LogP contribution in [0.2, 0.25) is 0 Å². The highest BCUT2D eigenvalue weighted by Crippen LogP contribution is 2.34. The minimum absolute atomic E-state index is 0.498. The van der Waals surface area contributed by atoms with Crippen LogP contribution in [0.15, 0.2) is 61.1 Å². The van der Waals surface area contributed by atoms with Crippen molar-refractivity contribution >= 4 is 23.1 Å². The lowest BCUT2D eigenvalue weighted by Gasteiger charge is -2.30. The molecule has 0 saturated carbocycles. The Kier molecular flexibility index (Phi) is 7.22. The van der Waals surface area contributed by atoms with Gasteiger partial charge in [-0.15, -0.1) is 0 Å². The Bertz CT molecular complexity index is 901. The molecule has 0 atom stereocenters. The maximum absolute atomic E-state index is 6.69. The number of pyridine rings is 1. The predicted molar refractivity (Wildman–Crippen MR) is 125 cm³/mol. The lowest BCUT2D eigenvalue weighted by molar-refractivity contribution is 0.549. The minimum atomic E-state index is 0.498. The molecule has 3 aromatic rings. The summed E-state index contributed by atoms with van der Waals surface area (Å²) < 4.78 is 0. The fourth-order valence-corrected chi connectivity index (χ4v) is 3.52. The van der Waals surface area contributed by atoms with Crippen LogP contribution in [0.3, 0.4) is 0 Å². The van der Waals surface area contributed by atoms with Gasteiger partial charge in [-0.3, -0.25) is 0 Å². The third-order valence-electron chi connectivity index (χ3n) is 4.68. The molecular formula is C24H32N6. The number of anilines is 4. The van der Waals surface area contributed by atoms with Crippen LogP contribution in [0.25, 0.3) is 0 Å². The fraction of sp³-hybridized carbons (Fsp3) is 0.375. The lowest BCUT2D eigenvalue weighted by Crippen LogP contribution is -2.33. The minimum Gasteiger partial charge on any atom is -0.393 e. The zero-order chi connectivity index (χ0) is 21.5. The molecule has 0 aliphatic heterocycles. The average Bonchev–Trinajstić information content (AvgIpc) is 2.73. The van der Waals surface area contributed by atoms with Crippen LogP contribution in [0.5, 0.6) is 0 Å². The quantitative estimate of drug-likeness (QED) is 0.546. The van der Waals surface area contributed by atoms with Gasteiger partial charge in [0.05, 0.1) is 6.54 Å². The second-order valence-corrected chi connectivity index (χ2v) is 8.39. The van der Waals surface area contributed by atoms with E-state index in [9.17, 15) is 0 Å². The molecule has 0 aliphatic rings. The van der Waals surface area contributed by atoms with E-state index in [1.54, 1.807) is 12.5 Å². The van der Waals surface area contributed by atoms with Crippen LogP contribution in [-0.4, -0.2) is 28.0 Å². The van der Waals surface area contributed by atoms with Crippen molar-refractivity contribution in [3.8, 4) is 0 Å². The zero-order valence-electron chi connectivity index (χ0n) is 18.4. The van der Waals surface area contributed by atoms with Gasteiger partial charge in [0.2, 0.25) is 0 Å². The molecule has 6 heteroatoms. The number of hydrogen-bond acceptors (Lipinski definition) is 6. The van der Waals surface area contributed by atoms with Gasteiger partial charge in [0.15, 0.2) is 11.6 Å². The molecule has 0 fully saturated rings. The summed E-state index contributed by atoms with van der Waals surface area (Å²) in [6.07, 6.45) is 3.39. The monoisotopic (exact) mass is 404 g/mol. The van der Waals surface area contributed by atoms with E-state index in [1.165, 1.54) is 0 Å². The Morgan fingerprint density at radius 2 is 1.43 bits per heavy atom. The molecule has 6 nitrogen and oxygen atoms in total. The summed E-state index contributed by atoms with van der Waals surface area (Å²) in [7, 11) is 0. The summed E-state index contributed by atoms with van der Waals surface area (Å²) in [5.74, 6) is 3.27. The Balaban J connectivity index is 2.04. The Morgan fingerprint density at radius 1 is 0.800 bits per heavy atom. The summed E-state index contributed by atoms with van der Waals surface area (Å²) >= 11 is 0. The second kappa shape index (κ2) is 10.1. The summed E-state index contributed by atoms with van der Waals surface area (Å²) in [6, 6.07) is 16.1. The van der Waals surface area contributed by atoms with Crippen molar-refractivity contribution in [3.63, 3.8) is 0 Å². The third kappa shape index (κ3) is 5.47. The van der Waals surface area contributed by atoms with E-state index in [2.05, 4.69) is 64.6 Å². The smallest absolute Gasteiger partial charge is 0.163 e. The Labute approximate surface area is 179 Å². The Morgan fingerprint density at radius 3 is 2.03 bits per heavy atom. The van der Waals surface area contributed by atoms with E-state index >= 15 is 0 Å². The van der Waals surface area contributed by atoms with Gasteiger partial charge in [-0.2, -0.15) is 0 Å². The van der Waals surface area contributed by atoms with Gasteiger partial charge >= 0.3 is 0 Å². The first-order valence-electron chi connectivity index (χ1n) is 10.5. The van der Waals surface area contributed by atoms with Crippen molar-refractivity contribution < 1.29 is 0 Å². The molecule has 1 aromatic carbocycles. The molecule has 0 radical (unpaired) electrons. The van der Waals surface area contributed by atoms with E-state index in [0.717, 1.165) is 30.3 Å². The van der Waals surface area contributed by atoms with Gasteiger partial charge in [-0.1, -0.05) is 64.1 Å². The molecule has 158 valence electrons. The van der Waals surface area contributed by atoms with Crippen molar-refractivity contribution in [1.29, 1.82) is 0 Å². The number of nitrogens with two attached hydrogens (primary N) is 1. The molecule has 0 aliphatic carbocycles. The molecule has 0 bridgehead atoms. The van der Waals surface area contributed by atoms with Crippen LogP contribution < -0.4 is 15.5 Å². The van der Waals surface area contributed by atoms with E-state index in [4.69, 9.17) is 5.73 Å². The number of nitrogen functional groups attached to an aromatic ring is 1. The molecule has 2 heterocycles. The first-order valence-corrected chi connectivity index (χ1v) is 10.5. The molecule has 0 unspecified atom stereocenters. The van der Waals surface area contributed by atoms with Gasteiger partial charge in [0.1, 0.15) is 17.8 Å². The van der Waals surface area contributed by atoms with Gasteiger partial charge < -0.3 is 15.5 Å². The number of rotatable bonds is 9. The van der Waals surface area contributed by atoms with E-state index < -0.39 is 0 Å². The third-order valence-corrected chi connectivity index (χ3v) is 4.68. The maximum Gasteiger partial charge on any atom is 0.163 e. The number of aromatic nitrogens is 3. The first kappa shape index (κ1) is 21.6. The van der Waals surface area contributed by atoms with Gasteiger partial charge in [0.25, 0.3) is 0 Å². The number of hydrogen-bond donors (Lipinski definition) is 1. The highest BCUT2D eigenvalue weighted by atomic mass is 15.3. The van der Waals surface area contributed by atoms with Crippen LogP contribution in [0.4, 0.5) is 23.1 Å². The van der Waals surface area contributed by atoms with Gasteiger partial charge in [0, 0.05) is 19.3 Å². The summed E-state index contributed by atoms with van der Waals surface area (Å²) in [5, 5.41) is 0. The van der Waals surface area contributed by atoms with Crippen molar-refractivity contribution in [2.45, 2.75) is 34.2 Å². The molecule has 2 N–H and O–H groups in total. The average molecular weight is 405 g/mol. The highest BCUT2D eigenvalue weighted by Gasteiger charge is 2.22. The van der Waals surface area contributed by atoms with Crippen molar-refractivity contribution in [1.82, 2.24) is 15.0 Å². The van der Waals surface area contributed by atoms with E-state index in [0.29, 0.717) is 29.9 Å². The maximum atomic E-state index is 6.69. The molecular weight excluding hydrogens is 372 g/mol. The molecule has 0 amide bonds. The number of benzene rings is 1. The van der Waals surface area contributed by atoms with Crippen LogP contribution in [0.1, 0.15) is 33.3 Å². The summed E-state index contributed by atoms with van der Waals surface area (Å²) in [6.45, 7) is 11.2. The SMILES string of the molecule is CC(C)CN(CC(C)C)c1ncnc(N(Cc2ccccc2)c2ccccn2)c1N. The molecule has 0 spiro atoms. The summed E-state index contributed by atoms with van der Waals surface area (Å²) in [5.41, 5.74) is 8.43. The van der Waals surface area contributed by atoms with Crippen molar-refractivity contribution in [2.24, 2.45) is 11.8 Å². The topological polar surface area (TPSA) is 71.2 Å². The standard InChI is InChI=1S/C24H32N6/c1-18(2)14-29(15-19(3)4)23-22(25)24(28-17-27-23)30(21-12-8-9-13-26-21)16-20-10-6-5-7-11-20/h5-13,17-19H,14-16,25H2,1-4H3.